The topological polar surface area (TPSA) is 96.7 Å². The fraction of sp³-hybridized carbons (Fsp3) is 0.100. The van der Waals surface area contributed by atoms with Crippen LogP contribution in [0, 0.1) is 6.92 Å². The number of carbonyl (C=O) groups excluding carboxylic acids is 1. The van der Waals surface area contributed by atoms with E-state index in [4.69, 9.17) is 4.52 Å². The fourth-order valence-electron chi connectivity index (χ4n) is 2.77. The van der Waals surface area contributed by atoms with Gasteiger partial charge in [0.25, 0.3) is 5.91 Å². The summed E-state index contributed by atoms with van der Waals surface area (Å²) in [6.07, 6.45) is 0. The molecule has 0 radical (unpaired) electrons. The summed E-state index contributed by atoms with van der Waals surface area (Å²) in [5, 5.41) is 13.8. The molecule has 2 aromatic heterocycles. The quantitative estimate of drug-likeness (QED) is 0.569. The number of carbonyl (C=O) groups is 1. The molecule has 27 heavy (non-hydrogen) atoms. The predicted molar refractivity (Wildman–Crippen MR) is 99.7 cm³/mol. The van der Waals surface area contributed by atoms with Crippen molar-refractivity contribution < 1.29 is 9.32 Å². The Morgan fingerprint density at radius 1 is 1.04 bits per heavy atom. The first kappa shape index (κ1) is 16.7. The van der Waals surface area contributed by atoms with Gasteiger partial charge in [-0.25, -0.2) is 0 Å². The van der Waals surface area contributed by atoms with Crippen LogP contribution < -0.4 is 5.32 Å². The molecule has 1 amide bonds. The van der Waals surface area contributed by atoms with Crippen LogP contribution in [0.25, 0.3) is 22.6 Å². The molecule has 7 nitrogen and oxygen atoms in total. The Labute approximate surface area is 155 Å². The van der Waals surface area contributed by atoms with Gasteiger partial charge in [-0.1, -0.05) is 65.8 Å². The van der Waals surface area contributed by atoms with Gasteiger partial charge in [0.05, 0.1) is 12.2 Å². The summed E-state index contributed by atoms with van der Waals surface area (Å²) in [6.45, 7) is 2.00. The van der Waals surface area contributed by atoms with E-state index in [1.165, 1.54) is 0 Å². The Morgan fingerprint density at radius 3 is 2.41 bits per heavy atom. The number of H-pyrrole nitrogens is 1. The van der Waals surface area contributed by atoms with Gasteiger partial charge in [-0.3, -0.25) is 9.89 Å². The van der Waals surface area contributed by atoms with Crippen molar-refractivity contribution in [2.24, 2.45) is 0 Å². The van der Waals surface area contributed by atoms with E-state index in [2.05, 4.69) is 25.7 Å². The highest BCUT2D eigenvalue weighted by Gasteiger charge is 2.17. The summed E-state index contributed by atoms with van der Waals surface area (Å²) in [5.74, 6) is 0.549. The van der Waals surface area contributed by atoms with Gasteiger partial charge in [-0.05, 0) is 6.92 Å². The van der Waals surface area contributed by atoms with Gasteiger partial charge in [-0.2, -0.15) is 10.1 Å². The van der Waals surface area contributed by atoms with E-state index in [1.54, 1.807) is 0 Å². The molecular formula is C20H17N5O2. The van der Waals surface area contributed by atoms with Gasteiger partial charge in [0.2, 0.25) is 11.7 Å². The van der Waals surface area contributed by atoms with Crippen LogP contribution in [-0.4, -0.2) is 26.2 Å². The van der Waals surface area contributed by atoms with Crippen LogP contribution in [0.15, 0.2) is 65.2 Å². The van der Waals surface area contributed by atoms with Crippen LogP contribution in [0.1, 0.15) is 21.9 Å². The molecular weight excluding hydrogens is 342 g/mol. The minimum atomic E-state index is -0.276. The molecule has 0 spiro atoms. The lowest BCUT2D eigenvalue weighted by Crippen LogP contribution is -2.24. The molecule has 0 aliphatic rings. The van der Waals surface area contributed by atoms with E-state index in [9.17, 15) is 4.79 Å². The molecule has 0 saturated carbocycles. The van der Waals surface area contributed by atoms with Gasteiger partial charge < -0.3 is 9.84 Å². The number of hydrogen-bond acceptors (Lipinski definition) is 5. The molecule has 0 saturated heterocycles. The number of amides is 1. The highest BCUT2D eigenvalue weighted by atomic mass is 16.5. The number of aromatic amines is 1. The van der Waals surface area contributed by atoms with Crippen molar-refractivity contribution in [3.8, 4) is 22.6 Å². The summed E-state index contributed by atoms with van der Waals surface area (Å²) in [4.78, 5) is 16.8. The SMILES string of the molecule is Cc1c(-c2ccccc2)n[nH]c1C(=O)NCc1nc(-c2ccccc2)no1. The highest BCUT2D eigenvalue weighted by Crippen LogP contribution is 2.22. The molecule has 0 atom stereocenters. The summed E-state index contributed by atoms with van der Waals surface area (Å²) in [6, 6.07) is 19.2. The van der Waals surface area contributed by atoms with Gasteiger partial charge in [-0.15, -0.1) is 0 Å². The maximum absolute atomic E-state index is 12.5. The van der Waals surface area contributed by atoms with E-state index < -0.39 is 0 Å². The molecule has 2 aromatic carbocycles. The van der Waals surface area contributed by atoms with Crippen LogP contribution in [-0.2, 0) is 6.54 Å². The van der Waals surface area contributed by atoms with Crippen LogP contribution in [0.5, 0.6) is 0 Å². The molecule has 134 valence electrons. The van der Waals surface area contributed by atoms with Gasteiger partial charge in [0, 0.05) is 16.7 Å². The van der Waals surface area contributed by atoms with Crippen molar-refractivity contribution in [3.05, 3.63) is 77.8 Å². The van der Waals surface area contributed by atoms with Crippen molar-refractivity contribution in [3.63, 3.8) is 0 Å². The zero-order valence-electron chi connectivity index (χ0n) is 14.6. The van der Waals surface area contributed by atoms with Crippen molar-refractivity contribution in [1.29, 1.82) is 0 Å². The Kier molecular flexibility index (Phi) is 4.49. The first-order valence-electron chi connectivity index (χ1n) is 8.49. The maximum Gasteiger partial charge on any atom is 0.270 e. The molecule has 0 bridgehead atoms. The van der Waals surface area contributed by atoms with Crippen LogP contribution in [0.3, 0.4) is 0 Å². The normalized spacial score (nSPS) is 10.7. The minimum absolute atomic E-state index is 0.137. The Balaban J connectivity index is 1.45. The lowest BCUT2D eigenvalue weighted by Gasteiger charge is -2.02. The first-order chi connectivity index (χ1) is 13.2. The van der Waals surface area contributed by atoms with Crippen molar-refractivity contribution >= 4 is 5.91 Å². The zero-order chi connectivity index (χ0) is 18.6. The molecule has 0 aliphatic heterocycles. The van der Waals surface area contributed by atoms with Gasteiger partial charge in [0.15, 0.2) is 0 Å². The van der Waals surface area contributed by atoms with E-state index in [1.807, 2.05) is 67.6 Å². The summed E-state index contributed by atoms with van der Waals surface area (Å²) < 4.78 is 5.21. The van der Waals surface area contributed by atoms with Crippen molar-refractivity contribution in [2.75, 3.05) is 0 Å². The third kappa shape index (κ3) is 3.48. The molecule has 4 rings (SSSR count). The largest absolute Gasteiger partial charge is 0.342 e. The Bertz CT molecular complexity index is 1050. The number of rotatable bonds is 5. The van der Waals surface area contributed by atoms with Crippen molar-refractivity contribution in [2.45, 2.75) is 13.5 Å². The third-order valence-electron chi connectivity index (χ3n) is 4.18. The molecule has 0 aliphatic carbocycles. The third-order valence-corrected chi connectivity index (χ3v) is 4.18. The van der Waals surface area contributed by atoms with E-state index in [0.29, 0.717) is 17.4 Å². The van der Waals surface area contributed by atoms with Crippen LogP contribution >= 0.6 is 0 Å². The van der Waals surface area contributed by atoms with Crippen LogP contribution in [0.4, 0.5) is 0 Å². The summed E-state index contributed by atoms with van der Waals surface area (Å²) in [5.41, 5.74) is 3.77. The molecule has 2 N–H and O–H groups in total. The number of benzene rings is 2. The van der Waals surface area contributed by atoms with Gasteiger partial charge >= 0.3 is 0 Å². The fourth-order valence-corrected chi connectivity index (χ4v) is 2.77. The summed E-state index contributed by atoms with van der Waals surface area (Å²) in [7, 11) is 0. The number of aromatic nitrogens is 4. The molecule has 0 unspecified atom stereocenters. The smallest absolute Gasteiger partial charge is 0.270 e. The molecule has 2 heterocycles. The Morgan fingerprint density at radius 2 is 1.70 bits per heavy atom. The minimum Gasteiger partial charge on any atom is -0.342 e. The second kappa shape index (κ2) is 7.25. The van der Waals surface area contributed by atoms with Crippen molar-refractivity contribution in [1.82, 2.24) is 25.7 Å². The van der Waals surface area contributed by atoms with Gasteiger partial charge in [0.1, 0.15) is 5.69 Å². The maximum atomic E-state index is 12.5. The average molecular weight is 359 g/mol. The van der Waals surface area contributed by atoms with E-state index in [0.717, 1.165) is 22.4 Å². The van der Waals surface area contributed by atoms with E-state index >= 15 is 0 Å². The second-order valence-electron chi connectivity index (χ2n) is 6.00. The molecule has 7 heteroatoms. The monoisotopic (exact) mass is 359 g/mol. The zero-order valence-corrected chi connectivity index (χ0v) is 14.6. The van der Waals surface area contributed by atoms with E-state index in [-0.39, 0.29) is 12.5 Å². The number of nitrogens with one attached hydrogen (secondary N) is 2. The highest BCUT2D eigenvalue weighted by molar-refractivity contribution is 5.95. The number of hydrogen-bond donors (Lipinski definition) is 2. The average Bonchev–Trinajstić information content (AvgIpc) is 3.34. The molecule has 0 fully saturated rings. The second-order valence-corrected chi connectivity index (χ2v) is 6.00. The van der Waals surface area contributed by atoms with Crippen LogP contribution in [0.2, 0.25) is 0 Å². The summed E-state index contributed by atoms with van der Waals surface area (Å²) >= 11 is 0. The predicted octanol–water partition coefficient (Wildman–Crippen LogP) is 3.37. The number of nitrogens with zero attached hydrogens (tertiary/aromatic N) is 3. The first-order valence-corrected chi connectivity index (χ1v) is 8.49. The Hall–Kier alpha value is -3.74. The standard InChI is InChI=1S/C20H17N5O2/c1-13-17(14-8-4-2-5-9-14)23-24-18(13)20(26)21-12-16-22-19(25-27-16)15-10-6-3-7-11-15/h2-11H,12H2,1H3,(H,21,26)(H,23,24). The molecule has 4 aromatic rings. The lowest BCUT2D eigenvalue weighted by atomic mass is 10.1. The lowest BCUT2D eigenvalue weighted by molar-refractivity contribution is 0.0940.